The maximum atomic E-state index is 15.0. The Morgan fingerprint density at radius 2 is 1.71 bits per heavy atom. The van der Waals surface area contributed by atoms with Crippen molar-refractivity contribution < 1.29 is 18.7 Å². The Labute approximate surface area is 223 Å². The lowest BCUT2D eigenvalue weighted by atomic mass is 9.82. The number of rotatable bonds is 8. The van der Waals surface area contributed by atoms with Crippen molar-refractivity contribution in [2.75, 3.05) is 13.2 Å². The van der Waals surface area contributed by atoms with Crippen LogP contribution in [-0.2, 0) is 20.8 Å². The molecule has 0 unspecified atom stereocenters. The topological polar surface area (TPSA) is 83.3 Å². The van der Waals surface area contributed by atoms with Crippen molar-refractivity contribution in [2.45, 2.75) is 65.5 Å². The van der Waals surface area contributed by atoms with Crippen molar-refractivity contribution in [1.82, 2.24) is 14.8 Å². The molecule has 1 saturated carbocycles. The van der Waals surface area contributed by atoms with Gasteiger partial charge < -0.3 is 9.47 Å². The first kappa shape index (κ1) is 27.6. The average Bonchev–Trinajstić information content (AvgIpc) is 2.86. The highest BCUT2D eigenvalue weighted by atomic mass is 19.1. The van der Waals surface area contributed by atoms with Crippen LogP contribution in [0.2, 0.25) is 0 Å². The molecule has 1 aromatic heterocycles. The molecule has 0 amide bonds. The van der Waals surface area contributed by atoms with Gasteiger partial charge in [0.15, 0.2) is 0 Å². The van der Waals surface area contributed by atoms with Crippen molar-refractivity contribution in [3.8, 4) is 22.5 Å². The quantitative estimate of drug-likeness (QED) is 0.360. The van der Waals surface area contributed by atoms with E-state index in [1.807, 2.05) is 64.1 Å². The van der Waals surface area contributed by atoms with Crippen LogP contribution in [0.3, 0.4) is 0 Å². The number of aryl methyl sites for hydroxylation is 1. The van der Waals surface area contributed by atoms with Gasteiger partial charge in [-0.2, -0.15) is 10.1 Å². The fourth-order valence-corrected chi connectivity index (χ4v) is 4.83. The van der Waals surface area contributed by atoms with Gasteiger partial charge in [0.1, 0.15) is 29.4 Å². The molecule has 38 heavy (non-hydrogen) atoms. The Balaban J connectivity index is 1.44. The highest BCUT2D eigenvalue weighted by molar-refractivity contribution is 5.77. The summed E-state index contributed by atoms with van der Waals surface area (Å²) in [5, 5.41) is 4.65. The Morgan fingerprint density at radius 3 is 2.37 bits per heavy atom. The number of halogens is 1. The summed E-state index contributed by atoms with van der Waals surface area (Å²) < 4.78 is 27.3. The molecule has 202 valence electrons. The molecule has 0 N–H and O–H groups in total. The number of aromatic nitrogens is 3. The van der Waals surface area contributed by atoms with Gasteiger partial charge >= 0.3 is 11.7 Å². The summed E-state index contributed by atoms with van der Waals surface area (Å²) in [7, 11) is 0. The normalized spacial score (nSPS) is 17.8. The van der Waals surface area contributed by atoms with Crippen molar-refractivity contribution >= 4 is 5.97 Å². The van der Waals surface area contributed by atoms with E-state index >= 15 is 4.39 Å². The van der Waals surface area contributed by atoms with E-state index in [0.717, 1.165) is 31.2 Å². The van der Waals surface area contributed by atoms with Crippen molar-refractivity contribution in [3.05, 3.63) is 70.4 Å². The Morgan fingerprint density at radius 1 is 1.03 bits per heavy atom. The molecule has 0 spiro atoms. The summed E-state index contributed by atoms with van der Waals surface area (Å²) in [5.41, 5.74) is 1.61. The minimum atomic E-state index is -0.524. The summed E-state index contributed by atoms with van der Waals surface area (Å²) in [4.78, 5) is 29.2. The number of carbonyl (C=O) groups excluding carboxylic acids is 1. The van der Waals surface area contributed by atoms with E-state index in [2.05, 4.69) is 10.1 Å². The molecule has 0 bridgehead atoms. The third kappa shape index (κ3) is 7.34. The number of hydrogen-bond donors (Lipinski definition) is 0. The van der Waals surface area contributed by atoms with E-state index in [1.165, 1.54) is 10.7 Å². The Kier molecular flexibility index (Phi) is 8.72. The lowest BCUT2D eigenvalue weighted by molar-refractivity contribution is -0.160. The summed E-state index contributed by atoms with van der Waals surface area (Å²) in [6, 6.07) is 14.3. The molecule has 7 nitrogen and oxygen atoms in total. The third-order valence-electron chi connectivity index (χ3n) is 6.69. The molecular weight excluding hydrogens is 485 g/mol. The number of hydrogen-bond acceptors (Lipinski definition) is 6. The van der Waals surface area contributed by atoms with Crippen LogP contribution in [0.1, 0.15) is 52.0 Å². The zero-order chi connectivity index (χ0) is 27.3. The van der Waals surface area contributed by atoms with E-state index in [4.69, 9.17) is 9.47 Å². The number of esters is 1. The summed E-state index contributed by atoms with van der Waals surface area (Å²) >= 11 is 0. The van der Waals surface area contributed by atoms with Crippen LogP contribution in [0.15, 0.2) is 53.3 Å². The van der Waals surface area contributed by atoms with Crippen LogP contribution in [0.4, 0.5) is 4.39 Å². The highest BCUT2D eigenvalue weighted by Crippen LogP contribution is 2.32. The zero-order valence-electron chi connectivity index (χ0n) is 22.6. The van der Waals surface area contributed by atoms with Gasteiger partial charge in [0.25, 0.3) is 0 Å². The van der Waals surface area contributed by atoms with Crippen LogP contribution < -0.4 is 5.69 Å². The van der Waals surface area contributed by atoms with E-state index in [-0.39, 0.29) is 18.5 Å². The van der Waals surface area contributed by atoms with Crippen molar-refractivity contribution in [1.29, 1.82) is 0 Å². The first-order valence-corrected chi connectivity index (χ1v) is 13.2. The lowest BCUT2D eigenvalue weighted by Gasteiger charge is -2.28. The highest BCUT2D eigenvalue weighted by Gasteiger charge is 2.25. The molecule has 1 fully saturated rings. The van der Waals surface area contributed by atoms with Crippen molar-refractivity contribution in [2.24, 2.45) is 11.8 Å². The SMILES string of the molecule is Cc1ccc(-c2nn(CC3CCC(COCC(=O)OC(C)(C)C)CC3)c(=O)nc2-c2ccccc2)c(F)c1. The predicted molar refractivity (Wildman–Crippen MR) is 144 cm³/mol. The fourth-order valence-electron chi connectivity index (χ4n) is 4.83. The molecule has 3 aromatic rings. The van der Waals surface area contributed by atoms with E-state index < -0.39 is 17.1 Å². The second kappa shape index (κ2) is 12.0. The van der Waals surface area contributed by atoms with Gasteiger partial charge in [-0.05, 0) is 82.9 Å². The van der Waals surface area contributed by atoms with Crippen LogP contribution >= 0.6 is 0 Å². The standard InChI is InChI=1S/C30H36FN3O4/c1-20-10-15-24(25(31)16-20)28-27(23-8-6-5-7-9-23)32-29(36)34(33-28)17-21-11-13-22(14-12-21)18-37-19-26(35)38-30(2,3)4/h5-10,15-16,21-22H,11-14,17-19H2,1-4H3. The van der Waals surface area contributed by atoms with Crippen LogP contribution in [0.5, 0.6) is 0 Å². The van der Waals surface area contributed by atoms with Gasteiger partial charge in [-0.15, -0.1) is 0 Å². The maximum absolute atomic E-state index is 15.0. The largest absolute Gasteiger partial charge is 0.458 e. The number of benzene rings is 2. The van der Waals surface area contributed by atoms with Crippen molar-refractivity contribution in [3.63, 3.8) is 0 Å². The average molecular weight is 522 g/mol. The van der Waals surface area contributed by atoms with Crippen LogP contribution in [0.25, 0.3) is 22.5 Å². The Bertz CT molecular complexity index is 1310. The molecule has 1 aliphatic carbocycles. The smallest absolute Gasteiger partial charge is 0.364 e. The molecule has 0 aliphatic heterocycles. The summed E-state index contributed by atoms with van der Waals surface area (Å²) in [6.07, 6.45) is 3.68. The maximum Gasteiger partial charge on any atom is 0.364 e. The monoisotopic (exact) mass is 521 g/mol. The second-order valence-electron chi connectivity index (χ2n) is 11.1. The van der Waals surface area contributed by atoms with Gasteiger partial charge in [0.2, 0.25) is 0 Å². The van der Waals surface area contributed by atoms with E-state index in [0.29, 0.717) is 41.6 Å². The number of carbonyl (C=O) groups is 1. The number of ether oxygens (including phenoxy) is 2. The molecular formula is C30H36FN3O4. The van der Waals surface area contributed by atoms with Gasteiger partial charge in [-0.3, -0.25) is 0 Å². The molecule has 0 radical (unpaired) electrons. The molecule has 1 heterocycles. The third-order valence-corrected chi connectivity index (χ3v) is 6.69. The molecule has 8 heteroatoms. The summed E-state index contributed by atoms with van der Waals surface area (Å²) in [6.45, 7) is 8.21. The molecule has 0 atom stereocenters. The van der Waals surface area contributed by atoms with Gasteiger partial charge in [0.05, 0.1) is 6.61 Å². The second-order valence-corrected chi connectivity index (χ2v) is 11.1. The Hall–Kier alpha value is -3.39. The first-order chi connectivity index (χ1) is 18.1. The minimum absolute atomic E-state index is 0.0473. The van der Waals surface area contributed by atoms with Gasteiger partial charge in [-0.1, -0.05) is 36.4 Å². The predicted octanol–water partition coefficient (Wildman–Crippen LogP) is 5.58. The fraction of sp³-hybridized carbons (Fsp3) is 0.467. The molecule has 1 aliphatic rings. The van der Waals surface area contributed by atoms with Crippen LogP contribution in [-0.4, -0.2) is 39.5 Å². The molecule has 4 rings (SSSR count). The van der Waals surface area contributed by atoms with E-state index in [9.17, 15) is 9.59 Å². The van der Waals surface area contributed by atoms with E-state index in [1.54, 1.807) is 6.07 Å². The number of nitrogens with zero attached hydrogens (tertiary/aromatic N) is 3. The van der Waals surface area contributed by atoms with Gasteiger partial charge in [0, 0.05) is 17.7 Å². The molecule has 0 saturated heterocycles. The first-order valence-electron chi connectivity index (χ1n) is 13.2. The zero-order valence-corrected chi connectivity index (χ0v) is 22.6. The summed E-state index contributed by atoms with van der Waals surface area (Å²) in [5.74, 6) is -0.144. The lowest BCUT2D eigenvalue weighted by Crippen LogP contribution is -2.32. The van der Waals surface area contributed by atoms with Crippen LogP contribution in [0, 0.1) is 24.6 Å². The minimum Gasteiger partial charge on any atom is -0.458 e. The molecule has 2 aromatic carbocycles. The van der Waals surface area contributed by atoms with Gasteiger partial charge in [-0.25, -0.2) is 18.7 Å².